The normalized spacial score (nSPS) is 11.8. The van der Waals surface area contributed by atoms with Crippen LogP contribution in [-0.4, -0.2) is 28.8 Å². The number of nitrogens with one attached hydrogen (secondary N) is 2. The van der Waals surface area contributed by atoms with Gasteiger partial charge >= 0.3 is 6.03 Å². The van der Waals surface area contributed by atoms with Crippen LogP contribution in [0, 0.1) is 13.8 Å². The number of hydrogen-bond donors (Lipinski definition) is 2. The molecule has 0 fully saturated rings. The predicted octanol–water partition coefficient (Wildman–Crippen LogP) is 1.95. The Morgan fingerprint density at radius 3 is 2.82 bits per heavy atom. The van der Waals surface area contributed by atoms with Gasteiger partial charge in [-0.1, -0.05) is 23.4 Å². The van der Waals surface area contributed by atoms with Crippen LogP contribution in [0.4, 0.5) is 4.79 Å². The van der Waals surface area contributed by atoms with Gasteiger partial charge in [-0.2, -0.15) is 4.98 Å². The van der Waals surface area contributed by atoms with Gasteiger partial charge in [-0.15, -0.1) is 0 Å². The molecule has 0 aliphatic rings. The highest BCUT2D eigenvalue weighted by Gasteiger charge is 2.10. The van der Waals surface area contributed by atoms with Gasteiger partial charge in [-0.3, -0.25) is 0 Å². The molecule has 0 aliphatic carbocycles. The number of benzene rings is 1. The largest absolute Gasteiger partial charge is 0.491 e. The van der Waals surface area contributed by atoms with Crippen LogP contribution in [0.1, 0.15) is 24.2 Å². The average Bonchev–Trinajstić information content (AvgIpc) is 2.90. The average molecular weight is 304 g/mol. The molecule has 0 aliphatic heterocycles. The molecule has 2 N–H and O–H groups in total. The Bertz CT molecular complexity index is 627. The molecule has 0 bridgehead atoms. The first kappa shape index (κ1) is 15.8. The second kappa shape index (κ2) is 7.44. The van der Waals surface area contributed by atoms with Crippen molar-refractivity contribution in [2.24, 2.45) is 0 Å². The number of para-hydroxylation sites is 1. The first-order valence-electron chi connectivity index (χ1n) is 7.06. The third-order valence-corrected chi connectivity index (χ3v) is 2.94. The van der Waals surface area contributed by atoms with Crippen LogP contribution in [0.15, 0.2) is 28.8 Å². The molecule has 2 amide bonds. The summed E-state index contributed by atoms with van der Waals surface area (Å²) >= 11 is 0. The number of amides is 2. The van der Waals surface area contributed by atoms with Gasteiger partial charge in [0, 0.05) is 6.92 Å². The van der Waals surface area contributed by atoms with E-state index >= 15 is 0 Å². The monoisotopic (exact) mass is 304 g/mol. The van der Waals surface area contributed by atoms with Crippen molar-refractivity contribution in [3.05, 3.63) is 41.5 Å². The zero-order valence-electron chi connectivity index (χ0n) is 12.9. The molecule has 1 heterocycles. The van der Waals surface area contributed by atoms with E-state index in [9.17, 15) is 4.79 Å². The molecule has 1 aromatic heterocycles. The topological polar surface area (TPSA) is 89.3 Å². The third kappa shape index (κ3) is 4.76. The number of ether oxygens (including phenoxy) is 1. The highest BCUT2D eigenvalue weighted by Crippen LogP contribution is 2.16. The molecule has 1 aromatic carbocycles. The first-order chi connectivity index (χ1) is 10.5. The second-order valence-electron chi connectivity index (χ2n) is 5.03. The number of nitrogens with zero attached hydrogens (tertiary/aromatic N) is 2. The number of aromatic nitrogens is 2. The molecular formula is C15H20N4O3. The van der Waals surface area contributed by atoms with Gasteiger partial charge in [0.05, 0.1) is 12.6 Å². The number of urea groups is 1. The molecule has 0 radical (unpaired) electrons. The van der Waals surface area contributed by atoms with Crippen LogP contribution in [0.5, 0.6) is 5.75 Å². The number of hydrogen-bond acceptors (Lipinski definition) is 5. The van der Waals surface area contributed by atoms with Gasteiger partial charge in [0.2, 0.25) is 5.89 Å². The molecule has 2 rings (SSSR count). The fourth-order valence-corrected chi connectivity index (χ4v) is 1.82. The van der Waals surface area contributed by atoms with Gasteiger partial charge in [-0.25, -0.2) is 4.79 Å². The number of aryl methyl sites for hydroxylation is 2. The van der Waals surface area contributed by atoms with Crippen molar-refractivity contribution in [1.82, 2.24) is 20.8 Å². The quantitative estimate of drug-likeness (QED) is 0.851. The van der Waals surface area contributed by atoms with Crippen molar-refractivity contribution < 1.29 is 14.1 Å². The molecule has 0 saturated heterocycles. The van der Waals surface area contributed by atoms with E-state index in [1.54, 1.807) is 6.92 Å². The van der Waals surface area contributed by atoms with Crippen molar-refractivity contribution in [2.75, 3.05) is 6.61 Å². The zero-order chi connectivity index (χ0) is 15.9. The van der Waals surface area contributed by atoms with Crippen LogP contribution in [0.2, 0.25) is 0 Å². The van der Waals surface area contributed by atoms with Gasteiger partial charge in [0.15, 0.2) is 5.82 Å². The Kier molecular flexibility index (Phi) is 5.35. The van der Waals surface area contributed by atoms with Gasteiger partial charge < -0.3 is 19.9 Å². The highest BCUT2D eigenvalue weighted by atomic mass is 16.5. The third-order valence-electron chi connectivity index (χ3n) is 2.94. The fraction of sp³-hybridized carbons (Fsp3) is 0.400. The summed E-state index contributed by atoms with van der Waals surface area (Å²) in [4.78, 5) is 15.8. The molecule has 7 heteroatoms. The van der Waals surface area contributed by atoms with Crippen LogP contribution in [0.3, 0.4) is 0 Å². The lowest BCUT2D eigenvalue weighted by Crippen LogP contribution is -2.43. The standard InChI is InChI=1S/C15H20N4O3/c1-10-6-4-5-7-13(10)21-9-11(2)17-15(20)16-8-14-18-12(3)22-19-14/h4-7,11H,8-9H2,1-3H3,(H2,16,17,20)/t11-/m1/s1. The minimum atomic E-state index is -0.302. The molecular weight excluding hydrogens is 284 g/mol. The van der Waals surface area contributed by atoms with E-state index in [0.29, 0.717) is 18.3 Å². The lowest BCUT2D eigenvalue weighted by atomic mass is 10.2. The molecule has 118 valence electrons. The first-order valence-corrected chi connectivity index (χ1v) is 7.06. The Morgan fingerprint density at radius 1 is 1.36 bits per heavy atom. The minimum absolute atomic E-state index is 0.133. The number of carbonyl (C=O) groups is 1. The molecule has 22 heavy (non-hydrogen) atoms. The summed E-state index contributed by atoms with van der Waals surface area (Å²) in [5.41, 5.74) is 1.06. The van der Waals surface area contributed by atoms with Crippen LogP contribution in [-0.2, 0) is 6.54 Å². The lowest BCUT2D eigenvalue weighted by molar-refractivity contribution is 0.225. The summed E-state index contributed by atoms with van der Waals surface area (Å²) in [7, 11) is 0. The highest BCUT2D eigenvalue weighted by molar-refractivity contribution is 5.74. The molecule has 1 atom stereocenters. The summed E-state index contributed by atoms with van der Waals surface area (Å²) in [5, 5.41) is 9.15. The predicted molar refractivity (Wildman–Crippen MR) is 80.5 cm³/mol. The van der Waals surface area contributed by atoms with Crippen molar-refractivity contribution in [1.29, 1.82) is 0 Å². The Balaban J connectivity index is 1.71. The minimum Gasteiger partial charge on any atom is -0.491 e. The van der Waals surface area contributed by atoms with E-state index in [0.717, 1.165) is 11.3 Å². The van der Waals surface area contributed by atoms with E-state index in [-0.39, 0.29) is 18.6 Å². The summed E-state index contributed by atoms with van der Waals surface area (Å²) < 4.78 is 10.5. The molecule has 0 saturated carbocycles. The van der Waals surface area contributed by atoms with Crippen LogP contribution < -0.4 is 15.4 Å². The smallest absolute Gasteiger partial charge is 0.315 e. The van der Waals surface area contributed by atoms with E-state index < -0.39 is 0 Å². The fourth-order valence-electron chi connectivity index (χ4n) is 1.82. The summed E-state index contributed by atoms with van der Waals surface area (Å²) in [5.74, 6) is 1.73. The van der Waals surface area contributed by atoms with Crippen molar-refractivity contribution in [3.63, 3.8) is 0 Å². The zero-order valence-corrected chi connectivity index (χ0v) is 12.9. The van der Waals surface area contributed by atoms with Gasteiger partial charge in [-0.05, 0) is 25.5 Å². The van der Waals surface area contributed by atoms with E-state index in [2.05, 4.69) is 20.8 Å². The van der Waals surface area contributed by atoms with Crippen LogP contribution >= 0.6 is 0 Å². The summed E-state index contributed by atoms with van der Waals surface area (Å²) in [6, 6.07) is 7.32. The van der Waals surface area contributed by atoms with Gasteiger partial charge in [0.25, 0.3) is 0 Å². The number of carbonyl (C=O) groups excluding carboxylic acids is 1. The second-order valence-corrected chi connectivity index (χ2v) is 5.03. The van der Waals surface area contributed by atoms with Gasteiger partial charge in [0.1, 0.15) is 12.4 Å². The van der Waals surface area contributed by atoms with Crippen LogP contribution in [0.25, 0.3) is 0 Å². The lowest BCUT2D eigenvalue weighted by Gasteiger charge is -2.16. The van der Waals surface area contributed by atoms with Crippen molar-refractivity contribution in [3.8, 4) is 5.75 Å². The van der Waals surface area contributed by atoms with Crippen molar-refractivity contribution >= 4 is 6.03 Å². The Morgan fingerprint density at radius 2 is 2.14 bits per heavy atom. The van der Waals surface area contributed by atoms with E-state index in [4.69, 9.17) is 9.26 Å². The SMILES string of the molecule is Cc1nc(CNC(=O)N[C@H](C)COc2ccccc2C)no1. The Hall–Kier alpha value is -2.57. The molecule has 0 unspecified atom stereocenters. The Labute approximate surface area is 129 Å². The van der Waals surface area contributed by atoms with E-state index in [1.807, 2.05) is 38.1 Å². The summed E-state index contributed by atoms with van der Waals surface area (Å²) in [6.45, 7) is 6.15. The maximum atomic E-state index is 11.7. The maximum absolute atomic E-state index is 11.7. The van der Waals surface area contributed by atoms with E-state index in [1.165, 1.54) is 0 Å². The maximum Gasteiger partial charge on any atom is 0.315 e. The molecule has 7 nitrogen and oxygen atoms in total. The number of rotatable bonds is 6. The molecule has 0 spiro atoms. The molecule has 2 aromatic rings. The summed E-state index contributed by atoms with van der Waals surface area (Å²) in [6.07, 6.45) is 0. The van der Waals surface area contributed by atoms with Crippen molar-refractivity contribution in [2.45, 2.75) is 33.4 Å².